The highest BCUT2D eigenvalue weighted by Crippen LogP contribution is 2.44. The molecule has 4 nitrogen and oxygen atoms in total. The fourth-order valence-corrected chi connectivity index (χ4v) is 4.36. The number of hydrogen-bond donors (Lipinski definition) is 2. The van der Waals surface area contributed by atoms with Gasteiger partial charge < -0.3 is 5.32 Å². The third-order valence-electron chi connectivity index (χ3n) is 4.58. The maximum Gasteiger partial charge on any atom is 0.235 e. The average Bonchev–Trinajstić information content (AvgIpc) is 3.27. The molecule has 112 valence electrons. The number of carbonyl (C=O) groups excluding carboxylic acids is 1. The number of hydrogen-bond acceptors (Lipinski definition) is 3. The largest absolute Gasteiger partial charge is 0.325 e. The van der Waals surface area contributed by atoms with Crippen molar-refractivity contribution in [3.05, 3.63) is 46.8 Å². The van der Waals surface area contributed by atoms with Crippen LogP contribution in [0.25, 0.3) is 10.9 Å². The normalized spacial score (nSPS) is 16.9. The van der Waals surface area contributed by atoms with E-state index in [4.69, 9.17) is 0 Å². The molecule has 0 radical (unpaired) electrons. The lowest BCUT2D eigenvalue weighted by Gasteiger charge is -2.26. The quantitative estimate of drug-likeness (QED) is 0.766. The number of nitrogens with zero attached hydrogens (tertiary/aromatic N) is 1. The zero-order valence-corrected chi connectivity index (χ0v) is 13.0. The lowest BCUT2D eigenvalue weighted by Crippen LogP contribution is -2.37. The molecule has 1 aliphatic rings. The Balaban J connectivity index is 1.64. The molecule has 22 heavy (non-hydrogen) atoms. The van der Waals surface area contributed by atoms with E-state index in [1.54, 1.807) is 17.5 Å². The Kier molecular flexibility index (Phi) is 3.22. The highest BCUT2D eigenvalue weighted by atomic mass is 32.1. The van der Waals surface area contributed by atoms with E-state index in [0.29, 0.717) is 0 Å². The van der Waals surface area contributed by atoms with Gasteiger partial charge in [0.1, 0.15) is 0 Å². The molecule has 2 heterocycles. The predicted octanol–water partition coefficient (Wildman–Crippen LogP) is 4.07. The molecule has 0 atom stereocenters. The Morgan fingerprint density at radius 2 is 2.14 bits per heavy atom. The molecule has 0 spiro atoms. The Morgan fingerprint density at radius 1 is 1.27 bits per heavy atom. The molecule has 1 aliphatic carbocycles. The molecule has 0 unspecified atom stereocenters. The lowest BCUT2D eigenvalue weighted by atomic mass is 9.83. The summed E-state index contributed by atoms with van der Waals surface area (Å²) >= 11 is 1.68. The maximum atomic E-state index is 13.0. The van der Waals surface area contributed by atoms with Crippen molar-refractivity contribution in [3.63, 3.8) is 0 Å². The van der Waals surface area contributed by atoms with Gasteiger partial charge >= 0.3 is 0 Å². The van der Waals surface area contributed by atoms with Crippen molar-refractivity contribution >= 4 is 33.8 Å². The predicted molar refractivity (Wildman–Crippen MR) is 89.2 cm³/mol. The topological polar surface area (TPSA) is 57.8 Å². The molecule has 1 amide bonds. The van der Waals surface area contributed by atoms with Crippen molar-refractivity contribution in [1.29, 1.82) is 0 Å². The number of thiophene rings is 1. The zero-order valence-electron chi connectivity index (χ0n) is 12.1. The van der Waals surface area contributed by atoms with Gasteiger partial charge in [0.15, 0.2) is 0 Å². The Labute approximate surface area is 132 Å². The number of carbonyl (C=O) groups is 1. The van der Waals surface area contributed by atoms with Crippen LogP contribution in [-0.4, -0.2) is 16.1 Å². The van der Waals surface area contributed by atoms with Crippen LogP contribution < -0.4 is 5.32 Å². The molecule has 4 rings (SSSR count). The summed E-state index contributed by atoms with van der Waals surface area (Å²) in [6.07, 6.45) is 5.89. The first-order valence-electron chi connectivity index (χ1n) is 7.56. The third-order valence-corrected chi connectivity index (χ3v) is 5.66. The van der Waals surface area contributed by atoms with Crippen LogP contribution in [0.3, 0.4) is 0 Å². The van der Waals surface area contributed by atoms with Crippen LogP contribution in [0.15, 0.2) is 41.9 Å². The Hall–Kier alpha value is -2.14. The summed E-state index contributed by atoms with van der Waals surface area (Å²) in [5.74, 6) is 0.117. The standard InChI is InChI=1S/C17H17N3OS/c21-16(17(7-1-2-8-17)15-4-3-9-22-15)19-13-6-5-12-11-18-20-14(12)10-13/h3-6,9-11H,1-2,7-8H2,(H,18,20)(H,19,21). The van der Waals surface area contributed by atoms with E-state index >= 15 is 0 Å². The average molecular weight is 311 g/mol. The highest BCUT2D eigenvalue weighted by molar-refractivity contribution is 7.10. The second-order valence-corrected chi connectivity index (χ2v) is 6.84. The number of aromatic amines is 1. The van der Waals surface area contributed by atoms with E-state index < -0.39 is 0 Å². The van der Waals surface area contributed by atoms with Crippen LogP contribution in [0, 0.1) is 0 Å². The van der Waals surface area contributed by atoms with Crippen molar-refractivity contribution in [2.45, 2.75) is 31.1 Å². The number of fused-ring (bicyclic) bond motifs is 1. The minimum Gasteiger partial charge on any atom is -0.325 e. The minimum absolute atomic E-state index is 0.117. The fraction of sp³-hybridized carbons (Fsp3) is 0.294. The maximum absolute atomic E-state index is 13.0. The lowest BCUT2D eigenvalue weighted by molar-refractivity contribution is -0.121. The van der Waals surface area contributed by atoms with E-state index in [9.17, 15) is 4.79 Å². The van der Waals surface area contributed by atoms with E-state index in [1.807, 2.05) is 24.3 Å². The van der Waals surface area contributed by atoms with Crippen LogP contribution in [-0.2, 0) is 10.2 Å². The molecule has 0 saturated heterocycles. The number of benzene rings is 1. The van der Waals surface area contributed by atoms with Crippen molar-refractivity contribution in [2.24, 2.45) is 0 Å². The Bertz CT molecular complexity index is 800. The van der Waals surface area contributed by atoms with E-state index in [0.717, 1.165) is 42.3 Å². The summed E-state index contributed by atoms with van der Waals surface area (Å²) in [7, 11) is 0. The Morgan fingerprint density at radius 3 is 2.91 bits per heavy atom. The highest BCUT2D eigenvalue weighted by Gasteiger charge is 2.43. The van der Waals surface area contributed by atoms with Gasteiger partial charge in [0.25, 0.3) is 0 Å². The number of H-pyrrole nitrogens is 1. The summed E-state index contributed by atoms with van der Waals surface area (Å²) in [4.78, 5) is 14.2. The fourth-order valence-electron chi connectivity index (χ4n) is 3.38. The van der Waals surface area contributed by atoms with Gasteiger partial charge in [-0.2, -0.15) is 5.10 Å². The molecule has 1 fully saturated rings. The molecule has 0 bridgehead atoms. The molecule has 1 saturated carbocycles. The van der Waals surface area contributed by atoms with Gasteiger partial charge in [0.2, 0.25) is 5.91 Å². The zero-order chi connectivity index (χ0) is 15.0. The van der Waals surface area contributed by atoms with Gasteiger partial charge in [0.05, 0.1) is 17.1 Å². The molecule has 5 heteroatoms. The van der Waals surface area contributed by atoms with Crippen LogP contribution in [0.5, 0.6) is 0 Å². The van der Waals surface area contributed by atoms with Crippen LogP contribution in [0.2, 0.25) is 0 Å². The smallest absolute Gasteiger partial charge is 0.235 e. The van der Waals surface area contributed by atoms with Crippen molar-refractivity contribution < 1.29 is 4.79 Å². The second-order valence-electron chi connectivity index (χ2n) is 5.89. The van der Waals surface area contributed by atoms with Crippen molar-refractivity contribution in [1.82, 2.24) is 10.2 Å². The third kappa shape index (κ3) is 2.13. The van der Waals surface area contributed by atoms with Gasteiger partial charge in [-0.15, -0.1) is 11.3 Å². The van der Waals surface area contributed by atoms with Crippen LogP contribution in [0.4, 0.5) is 5.69 Å². The van der Waals surface area contributed by atoms with Gasteiger partial charge in [0, 0.05) is 16.0 Å². The summed E-state index contributed by atoms with van der Waals surface area (Å²) < 4.78 is 0. The SMILES string of the molecule is O=C(Nc1ccc2cn[nH]c2c1)C1(c2cccs2)CCCC1. The first-order valence-corrected chi connectivity index (χ1v) is 8.44. The summed E-state index contributed by atoms with van der Waals surface area (Å²) in [6.45, 7) is 0. The van der Waals surface area contributed by atoms with E-state index in [2.05, 4.69) is 27.0 Å². The summed E-state index contributed by atoms with van der Waals surface area (Å²) in [6, 6.07) is 9.97. The van der Waals surface area contributed by atoms with E-state index in [1.165, 1.54) is 4.88 Å². The molecule has 1 aromatic carbocycles. The first-order chi connectivity index (χ1) is 10.8. The molecular formula is C17H17N3OS. The molecule has 2 N–H and O–H groups in total. The molecular weight excluding hydrogens is 294 g/mol. The second kappa shape index (κ2) is 5.25. The monoisotopic (exact) mass is 311 g/mol. The first kappa shape index (κ1) is 13.5. The number of nitrogens with one attached hydrogen (secondary N) is 2. The molecule has 3 aromatic rings. The number of rotatable bonds is 3. The van der Waals surface area contributed by atoms with Crippen LogP contribution >= 0.6 is 11.3 Å². The van der Waals surface area contributed by atoms with Gasteiger partial charge in [-0.25, -0.2) is 0 Å². The summed E-state index contributed by atoms with van der Waals surface area (Å²) in [5.41, 5.74) is 1.41. The van der Waals surface area contributed by atoms with Gasteiger partial charge in [-0.05, 0) is 42.5 Å². The van der Waals surface area contributed by atoms with Gasteiger partial charge in [-0.1, -0.05) is 18.9 Å². The number of amides is 1. The van der Waals surface area contributed by atoms with Crippen molar-refractivity contribution in [3.8, 4) is 0 Å². The number of anilines is 1. The minimum atomic E-state index is -0.350. The molecule has 2 aromatic heterocycles. The van der Waals surface area contributed by atoms with E-state index in [-0.39, 0.29) is 11.3 Å². The number of aromatic nitrogens is 2. The summed E-state index contributed by atoms with van der Waals surface area (Å²) in [5, 5.41) is 13.2. The molecule has 0 aliphatic heterocycles. The van der Waals surface area contributed by atoms with Crippen LogP contribution in [0.1, 0.15) is 30.6 Å². The van der Waals surface area contributed by atoms with Gasteiger partial charge in [-0.3, -0.25) is 9.89 Å². The van der Waals surface area contributed by atoms with Crippen molar-refractivity contribution in [2.75, 3.05) is 5.32 Å².